The summed E-state index contributed by atoms with van der Waals surface area (Å²) in [5, 5.41) is 6.90. The lowest BCUT2D eigenvalue weighted by Gasteiger charge is -2.35. The molecule has 0 radical (unpaired) electrons. The Morgan fingerprint density at radius 3 is 2.45 bits per heavy atom. The van der Waals surface area contributed by atoms with E-state index in [1.165, 1.54) is 0 Å². The van der Waals surface area contributed by atoms with Crippen molar-refractivity contribution in [3.8, 4) is 0 Å². The van der Waals surface area contributed by atoms with Crippen LogP contribution in [0.5, 0.6) is 0 Å². The highest BCUT2D eigenvalue weighted by Crippen LogP contribution is 2.22. The van der Waals surface area contributed by atoms with E-state index in [1.807, 2.05) is 12.1 Å². The molecule has 0 aliphatic carbocycles. The smallest absolute Gasteiger partial charge is 0.191 e. The van der Waals surface area contributed by atoms with Gasteiger partial charge in [-0.2, -0.15) is 0 Å². The normalized spacial score (nSPS) is 23.2. The van der Waals surface area contributed by atoms with Crippen LogP contribution in [0, 0.1) is 11.7 Å². The number of benzene rings is 1. The van der Waals surface area contributed by atoms with Crippen LogP contribution in [0.3, 0.4) is 0 Å². The zero-order valence-corrected chi connectivity index (χ0v) is 22.0. The number of piperazine rings is 1. The zero-order chi connectivity index (χ0) is 21.7. The maximum absolute atomic E-state index is 14.8. The first-order valence-electron chi connectivity index (χ1n) is 11.4. The average Bonchev–Trinajstić information content (AvgIpc) is 3.12. The van der Waals surface area contributed by atoms with Gasteiger partial charge in [0.1, 0.15) is 5.82 Å². The summed E-state index contributed by atoms with van der Waals surface area (Å²) in [5.74, 6) is 1.20. The Hall–Kier alpha value is -1.13. The molecule has 0 saturated carbocycles. The molecule has 176 valence electrons. The van der Waals surface area contributed by atoms with Gasteiger partial charge >= 0.3 is 0 Å². The van der Waals surface area contributed by atoms with Crippen molar-refractivity contribution in [2.24, 2.45) is 10.9 Å². The van der Waals surface area contributed by atoms with Gasteiger partial charge in [0.05, 0.1) is 5.69 Å². The quantitative estimate of drug-likeness (QED) is 0.327. The Balaban J connectivity index is 0.00000341. The molecular weight excluding hydrogens is 506 g/mol. The monoisotopic (exact) mass is 546 g/mol. The second-order valence-electron chi connectivity index (χ2n) is 8.91. The number of aliphatic imine (C=N–C) groups is 1. The van der Waals surface area contributed by atoms with Gasteiger partial charge in [-0.05, 0) is 44.0 Å². The summed E-state index contributed by atoms with van der Waals surface area (Å²) < 4.78 is 14.8. The fourth-order valence-corrected chi connectivity index (χ4v) is 4.39. The molecule has 31 heavy (non-hydrogen) atoms. The summed E-state index contributed by atoms with van der Waals surface area (Å²) in [7, 11) is 1.79. The third kappa shape index (κ3) is 6.92. The molecule has 2 fully saturated rings. The van der Waals surface area contributed by atoms with E-state index in [1.54, 1.807) is 13.1 Å². The fourth-order valence-electron chi connectivity index (χ4n) is 4.39. The molecular formula is C23H40FIN6. The number of likely N-dealkylation sites (N-methyl/N-ethyl adjacent to an activating group) is 1. The fraction of sp³-hybridized carbons (Fsp3) is 0.696. The van der Waals surface area contributed by atoms with Crippen LogP contribution in [0.2, 0.25) is 0 Å². The number of nitrogens with one attached hydrogen (secondary N) is 2. The summed E-state index contributed by atoms with van der Waals surface area (Å²) in [5.41, 5.74) is 1.64. The first kappa shape index (κ1) is 26.1. The Bertz CT molecular complexity index is 720. The minimum Gasteiger partial charge on any atom is -0.367 e. The predicted octanol–water partition coefficient (Wildman–Crippen LogP) is 2.98. The molecule has 1 aromatic rings. The van der Waals surface area contributed by atoms with Crippen molar-refractivity contribution in [1.82, 2.24) is 20.4 Å². The van der Waals surface area contributed by atoms with Gasteiger partial charge in [-0.1, -0.05) is 19.9 Å². The molecule has 2 aliphatic rings. The second-order valence-corrected chi connectivity index (χ2v) is 8.91. The molecule has 2 heterocycles. The predicted molar refractivity (Wildman–Crippen MR) is 139 cm³/mol. The van der Waals surface area contributed by atoms with Crippen molar-refractivity contribution in [1.29, 1.82) is 0 Å². The van der Waals surface area contributed by atoms with Gasteiger partial charge in [-0.25, -0.2) is 4.39 Å². The Kier molecular flexibility index (Phi) is 10.3. The van der Waals surface area contributed by atoms with Crippen LogP contribution in [0.15, 0.2) is 23.2 Å². The van der Waals surface area contributed by atoms with Gasteiger partial charge < -0.3 is 20.4 Å². The highest BCUT2D eigenvalue weighted by Gasteiger charge is 2.31. The highest BCUT2D eigenvalue weighted by atomic mass is 127. The van der Waals surface area contributed by atoms with E-state index in [4.69, 9.17) is 0 Å². The molecule has 2 aliphatic heterocycles. The molecule has 2 atom stereocenters. The van der Waals surface area contributed by atoms with Crippen LogP contribution in [0.4, 0.5) is 10.1 Å². The third-order valence-electron chi connectivity index (χ3n) is 6.55. The average molecular weight is 547 g/mol. The number of likely N-dealkylation sites (tertiary alicyclic amines) is 1. The molecule has 0 bridgehead atoms. The zero-order valence-electron chi connectivity index (χ0n) is 19.7. The van der Waals surface area contributed by atoms with Crippen LogP contribution in [0.25, 0.3) is 0 Å². The van der Waals surface area contributed by atoms with Crippen molar-refractivity contribution < 1.29 is 4.39 Å². The Labute approximate surface area is 204 Å². The number of hydrogen-bond donors (Lipinski definition) is 2. The third-order valence-corrected chi connectivity index (χ3v) is 6.55. The second kappa shape index (κ2) is 12.2. The maximum Gasteiger partial charge on any atom is 0.191 e. The lowest BCUT2D eigenvalue weighted by molar-refractivity contribution is 0.265. The van der Waals surface area contributed by atoms with E-state index in [2.05, 4.69) is 58.0 Å². The van der Waals surface area contributed by atoms with E-state index in [0.29, 0.717) is 30.2 Å². The van der Waals surface area contributed by atoms with E-state index in [0.717, 1.165) is 57.3 Å². The maximum atomic E-state index is 14.8. The van der Waals surface area contributed by atoms with Gasteiger partial charge in [0.2, 0.25) is 0 Å². The van der Waals surface area contributed by atoms with Crippen molar-refractivity contribution in [3.63, 3.8) is 0 Å². The number of hydrogen-bond acceptors (Lipinski definition) is 4. The molecule has 2 saturated heterocycles. The molecule has 1 aromatic carbocycles. The Morgan fingerprint density at radius 2 is 1.90 bits per heavy atom. The van der Waals surface area contributed by atoms with Crippen LogP contribution in [0.1, 0.15) is 33.3 Å². The molecule has 6 nitrogen and oxygen atoms in total. The van der Waals surface area contributed by atoms with Gasteiger partial charge in [0.25, 0.3) is 0 Å². The van der Waals surface area contributed by atoms with E-state index in [9.17, 15) is 4.39 Å². The first-order valence-corrected chi connectivity index (χ1v) is 11.4. The minimum atomic E-state index is -0.140. The summed E-state index contributed by atoms with van der Waals surface area (Å²) in [6.45, 7) is 16.4. The van der Waals surface area contributed by atoms with Gasteiger partial charge in [0, 0.05) is 64.9 Å². The van der Waals surface area contributed by atoms with Crippen LogP contribution >= 0.6 is 24.0 Å². The van der Waals surface area contributed by atoms with Crippen LogP contribution < -0.4 is 15.5 Å². The molecule has 2 unspecified atom stereocenters. The molecule has 2 N–H and O–H groups in total. The molecule has 8 heteroatoms. The molecule has 0 amide bonds. The van der Waals surface area contributed by atoms with Crippen LogP contribution in [-0.2, 0) is 6.54 Å². The number of guanidine groups is 1. The van der Waals surface area contributed by atoms with E-state index in [-0.39, 0.29) is 29.8 Å². The lowest BCUT2D eigenvalue weighted by Crippen LogP contribution is -2.46. The van der Waals surface area contributed by atoms with Crippen LogP contribution in [-0.4, -0.2) is 80.7 Å². The molecule has 3 rings (SSSR count). The summed E-state index contributed by atoms with van der Waals surface area (Å²) >= 11 is 0. The first-order chi connectivity index (χ1) is 14.4. The van der Waals surface area contributed by atoms with Gasteiger partial charge in [0.15, 0.2) is 5.96 Å². The largest absolute Gasteiger partial charge is 0.367 e. The summed E-state index contributed by atoms with van der Waals surface area (Å²) in [4.78, 5) is 11.4. The van der Waals surface area contributed by atoms with Crippen molar-refractivity contribution in [2.75, 3.05) is 57.8 Å². The number of nitrogens with zero attached hydrogens (tertiary/aromatic N) is 4. The highest BCUT2D eigenvalue weighted by molar-refractivity contribution is 14.0. The SMILES string of the molecule is CCN1CCN(c2ccc(CNC(=NC)NC3CN(C(C)C)CC3C)cc2F)CC1.I. The Morgan fingerprint density at radius 1 is 1.19 bits per heavy atom. The molecule has 0 aromatic heterocycles. The van der Waals surface area contributed by atoms with Crippen molar-refractivity contribution >= 4 is 35.6 Å². The minimum absolute atomic E-state index is 0. The number of rotatable bonds is 6. The topological polar surface area (TPSA) is 46.1 Å². The standard InChI is InChI=1S/C23H39FN6.HI/c1-6-28-9-11-29(12-10-28)22-8-7-19(13-20(22)24)14-26-23(25-5)27-21-16-30(17(2)3)15-18(21)4;/h7-8,13,17-18,21H,6,9-12,14-16H2,1-5H3,(H2,25,26,27);1H. The van der Waals surface area contributed by atoms with E-state index < -0.39 is 0 Å². The van der Waals surface area contributed by atoms with Crippen molar-refractivity contribution in [3.05, 3.63) is 29.6 Å². The molecule has 0 spiro atoms. The number of halogens is 2. The van der Waals surface area contributed by atoms with E-state index >= 15 is 0 Å². The lowest BCUT2D eigenvalue weighted by atomic mass is 10.1. The number of anilines is 1. The summed E-state index contributed by atoms with van der Waals surface area (Å²) in [6.07, 6.45) is 0. The van der Waals surface area contributed by atoms with Gasteiger partial charge in [-0.3, -0.25) is 9.89 Å². The van der Waals surface area contributed by atoms with Gasteiger partial charge in [-0.15, -0.1) is 24.0 Å². The van der Waals surface area contributed by atoms with Crippen molar-refractivity contribution in [2.45, 2.75) is 46.3 Å². The summed E-state index contributed by atoms with van der Waals surface area (Å²) in [6, 6.07) is 6.52.